The molecule has 0 atom stereocenters. The maximum atomic E-state index is 12.1. The lowest BCUT2D eigenvalue weighted by molar-refractivity contribution is -0.117. The van der Waals surface area contributed by atoms with E-state index in [0.717, 1.165) is 15.8 Å². The van der Waals surface area contributed by atoms with Gasteiger partial charge in [-0.05, 0) is 25.1 Å². The number of carbonyl (C=O) groups excluding carboxylic acids is 1. The van der Waals surface area contributed by atoms with Crippen LogP contribution in [0, 0.1) is 6.92 Å². The molecule has 1 heterocycles. The van der Waals surface area contributed by atoms with Crippen LogP contribution >= 0.6 is 11.6 Å². The SMILES string of the molecule is Cc1ccc(-c2cnn(CC(=O)Nc3cccc(Cl)c3)c(=O)n2)cc1. The van der Waals surface area contributed by atoms with Crippen LogP contribution in [-0.4, -0.2) is 20.7 Å². The number of nitrogens with zero attached hydrogens (tertiary/aromatic N) is 3. The Morgan fingerprint density at radius 2 is 1.96 bits per heavy atom. The monoisotopic (exact) mass is 354 g/mol. The topological polar surface area (TPSA) is 76.9 Å². The number of anilines is 1. The number of hydrogen-bond donors (Lipinski definition) is 1. The number of halogens is 1. The highest BCUT2D eigenvalue weighted by atomic mass is 35.5. The Bertz CT molecular complexity index is 967. The van der Waals surface area contributed by atoms with E-state index in [0.29, 0.717) is 16.4 Å². The van der Waals surface area contributed by atoms with Crippen molar-refractivity contribution in [1.29, 1.82) is 0 Å². The molecule has 1 aromatic heterocycles. The standard InChI is InChI=1S/C18H15ClN4O2/c1-12-5-7-13(8-6-12)16-10-20-23(18(25)22-16)11-17(24)21-15-4-2-3-14(19)9-15/h2-10H,11H2,1H3,(H,21,24). The van der Waals surface area contributed by atoms with Gasteiger partial charge in [-0.1, -0.05) is 47.5 Å². The predicted octanol–water partition coefficient (Wildman–Crippen LogP) is 2.91. The van der Waals surface area contributed by atoms with Crippen molar-refractivity contribution in [1.82, 2.24) is 14.8 Å². The van der Waals surface area contributed by atoms with Gasteiger partial charge in [0.1, 0.15) is 6.54 Å². The lowest BCUT2D eigenvalue weighted by Gasteiger charge is -2.07. The zero-order valence-corrected chi connectivity index (χ0v) is 14.2. The second-order valence-corrected chi connectivity index (χ2v) is 5.94. The number of benzene rings is 2. The van der Waals surface area contributed by atoms with Crippen LogP contribution in [0.4, 0.5) is 5.69 Å². The molecule has 0 bridgehead atoms. The Kier molecular flexibility index (Phi) is 4.90. The first-order valence-electron chi connectivity index (χ1n) is 7.58. The van der Waals surface area contributed by atoms with Gasteiger partial charge in [0.05, 0.1) is 11.9 Å². The molecule has 25 heavy (non-hydrogen) atoms. The number of hydrogen-bond acceptors (Lipinski definition) is 4. The minimum Gasteiger partial charge on any atom is -0.324 e. The summed E-state index contributed by atoms with van der Waals surface area (Å²) in [7, 11) is 0. The molecular weight excluding hydrogens is 340 g/mol. The van der Waals surface area contributed by atoms with E-state index in [1.54, 1.807) is 24.3 Å². The molecule has 6 nitrogen and oxygen atoms in total. The highest BCUT2D eigenvalue weighted by molar-refractivity contribution is 6.30. The molecule has 3 rings (SSSR count). The van der Waals surface area contributed by atoms with Crippen molar-refractivity contribution < 1.29 is 4.79 Å². The molecule has 0 saturated heterocycles. The van der Waals surface area contributed by atoms with Crippen LogP contribution < -0.4 is 11.0 Å². The fourth-order valence-electron chi connectivity index (χ4n) is 2.24. The number of nitrogens with one attached hydrogen (secondary N) is 1. The van der Waals surface area contributed by atoms with Crippen molar-refractivity contribution in [3.63, 3.8) is 0 Å². The molecule has 0 saturated carbocycles. The lowest BCUT2D eigenvalue weighted by Crippen LogP contribution is -2.31. The van der Waals surface area contributed by atoms with E-state index in [-0.39, 0.29) is 12.5 Å². The van der Waals surface area contributed by atoms with Crippen molar-refractivity contribution in [3.05, 3.63) is 75.8 Å². The number of amides is 1. The maximum Gasteiger partial charge on any atom is 0.365 e. The third-order valence-electron chi connectivity index (χ3n) is 3.51. The van der Waals surface area contributed by atoms with Gasteiger partial charge >= 0.3 is 5.69 Å². The lowest BCUT2D eigenvalue weighted by atomic mass is 10.1. The van der Waals surface area contributed by atoms with Gasteiger partial charge in [-0.15, -0.1) is 0 Å². The molecule has 1 N–H and O–H groups in total. The summed E-state index contributed by atoms with van der Waals surface area (Å²) in [4.78, 5) is 28.2. The second kappa shape index (κ2) is 7.27. The van der Waals surface area contributed by atoms with Crippen LogP contribution in [0.5, 0.6) is 0 Å². The summed E-state index contributed by atoms with van der Waals surface area (Å²) >= 11 is 5.87. The molecule has 0 aliphatic carbocycles. The van der Waals surface area contributed by atoms with E-state index < -0.39 is 5.69 Å². The molecule has 0 unspecified atom stereocenters. The Morgan fingerprint density at radius 3 is 2.64 bits per heavy atom. The van der Waals surface area contributed by atoms with Crippen molar-refractivity contribution in [3.8, 4) is 11.3 Å². The van der Waals surface area contributed by atoms with Crippen molar-refractivity contribution in [2.45, 2.75) is 13.5 Å². The summed E-state index contributed by atoms with van der Waals surface area (Å²) in [6.07, 6.45) is 1.47. The number of rotatable bonds is 4. The molecule has 1 amide bonds. The van der Waals surface area contributed by atoms with Crippen LogP contribution in [0.1, 0.15) is 5.56 Å². The summed E-state index contributed by atoms with van der Waals surface area (Å²) in [6, 6.07) is 14.4. The van der Waals surface area contributed by atoms with Gasteiger partial charge in [-0.3, -0.25) is 4.79 Å². The second-order valence-electron chi connectivity index (χ2n) is 5.51. The molecular formula is C18H15ClN4O2. The molecule has 3 aromatic rings. The quantitative estimate of drug-likeness (QED) is 0.781. The van der Waals surface area contributed by atoms with E-state index in [4.69, 9.17) is 11.6 Å². The zero-order chi connectivity index (χ0) is 17.8. The fourth-order valence-corrected chi connectivity index (χ4v) is 2.43. The van der Waals surface area contributed by atoms with Crippen LogP contribution in [0.2, 0.25) is 5.02 Å². The minimum atomic E-state index is -0.584. The Balaban J connectivity index is 1.74. The van der Waals surface area contributed by atoms with E-state index in [2.05, 4.69) is 15.4 Å². The summed E-state index contributed by atoms with van der Waals surface area (Å²) in [6.45, 7) is 1.75. The van der Waals surface area contributed by atoms with Gasteiger partial charge in [0.15, 0.2) is 0 Å². The first kappa shape index (κ1) is 16.9. The Morgan fingerprint density at radius 1 is 1.20 bits per heavy atom. The number of carbonyl (C=O) groups is 1. The summed E-state index contributed by atoms with van der Waals surface area (Å²) in [5, 5.41) is 7.20. The van der Waals surface area contributed by atoms with Gasteiger partial charge in [-0.25, -0.2) is 9.48 Å². The van der Waals surface area contributed by atoms with Crippen molar-refractivity contribution >= 4 is 23.2 Å². The highest BCUT2D eigenvalue weighted by Gasteiger charge is 2.09. The molecule has 126 valence electrons. The van der Waals surface area contributed by atoms with Crippen LogP contribution in [0.25, 0.3) is 11.3 Å². The normalized spacial score (nSPS) is 10.5. The summed E-state index contributed by atoms with van der Waals surface area (Å²) < 4.78 is 1.01. The smallest absolute Gasteiger partial charge is 0.324 e. The average molecular weight is 355 g/mol. The fraction of sp³-hybridized carbons (Fsp3) is 0.111. The first-order chi connectivity index (χ1) is 12.0. The third kappa shape index (κ3) is 4.30. The maximum absolute atomic E-state index is 12.1. The molecule has 7 heteroatoms. The van der Waals surface area contributed by atoms with E-state index >= 15 is 0 Å². The molecule has 0 aliphatic heterocycles. The third-order valence-corrected chi connectivity index (χ3v) is 3.74. The van der Waals surface area contributed by atoms with E-state index in [1.807, 2.05) is 31.2 Å². The van der Waals surface area contributed by atoms with Gasteiger partial charge in [0, 0.05) is 16.3 Å². The van der Waals surface area contributed by atoms with Crippen molar-refractivity contribution in [2.75, 3.05) is 5.32 Å². The van der Waals surface area contributed by atoms with E-state index in [9.17, 15) is 9.59 Å². The average Bonchev–Trinajstić information content (AvgIpc) is 2.57. The summed E-state index contributed by atoms with van der Waals surface area (Å²) in [5.74, 6) is -0.387. The largest absolute Gasteiger partial charge is 0.365 e. The van der Waals surface area contributed by atoms with Gasteiger partial charge in [0.25, 0.3) is 0 Å². The molecule has 0 radical (unpaired) electrons. The minimum absolute atomic E-state index is 0.230. The predicted molar refractivity (Wildman–Crippen MR) is 96.5 cm³/mol. The van der Waals surface area contributed by atoms with Crippen LogP contribution in [-0.2, 0) is 11.3 Å². The van der Waals surface area contributed by atoms with Crippen LogP contribution in [0.3, 0.4) is 0 Å². The molecule has 0 aliphatic rings. The van der Waals surface area contributed by atoms with E-state index in [1.165, 1.54) is 6.20 Å². The van der Waals surface area contributed by atoms with Crippen molar-refractivity contribution in [2.24, 2.45) is 0 Å². The van der Waals surface area contributed by atoms with Gasteiger partial charge < -0.3 is 5.32 Å². The first-order valence-corrected chi connectivity index (χ1v) is 7.96. The van der Waals surface area contributed by atoms with Gasteiger partial charge in [0.2, 0.25) is 5.91 Å². The number of aromatic nitrogens is 3. The molecule has 2 aromatic carbocycles. The highest BCUT2D eigenvalue weighted by Crippen LogP contribution is 2.16. The zero-order valence-electron chi connectivity index (χ0n) is 13.4. The van der Waals surface area contributed by atoms with Gasteiger partial charge in [-0.2, -0.15) is 10.1 Å². The number of aryl methyl sites for hydroxylation is 1. The molecule has 0 spiro atoms. The molecule has 0 fully saturated rings. The Labute approximate surface area is 149 Å². The van der Waals surface area contributed by atoms with Crippen LogP contribution in [0.15, 0.2) is 59.5 Å². The Hall–Kier alpha value is -2.99. The summed E-state index contributed by atoms with van der Waals surface area (Å²) in [5.41, 5.74) is 2.35.